The summed E-state index contributed by atoms with van der Waals surface area (Å²) >= 11 is 5.98. The summed E-state index contributed by atoms with van der Waals surface area (Å²) in [6.45, 7) is 5.22. The van der Waals surface area contributed by atoms with E-state index in [0.29, 0.717) is 16.5 Å². The summed E-state index contributed by atoms with van der Waals surface area (Å²) in [5.41, 5.74) is 6.66. The zero-order valence-corrected chi connectivity index (χ0v) is 15.6. The highest BCUT2D eigenvalue weighted by Crippen LogP contribution is 2.24. The van der Waals surface area contributed by atoms with Crippen LogP contribution in [0.4, 0.5) is 0 Å². The number of para-hydroxylation sites is 1. The van der Waals surface area contributed by atoms with Crippen LogP contribution in [0, 0.1) is 13.8 Å². The maximum absolute atomic E-state index is 12.0. The van der Waals surface area contributed by atoms with Crippen LogP contribution in [0.2, 0.25) is 5.02 Å². The SMILES string of the molecule is Cc1cc(C)cc(OCC(=O)NNC(=O)C(C)Oc2ccccc2Cl)c1. The number of amides is 2. The van der Waals surface area contributed by atoms with E-state index in [2.05, 4.69) is 10.9 Å². The highest BCUT2D eigenvalue weighted by atomic mass is 35.5. The van der Waals surface area contributed by atoms with Crippen molar-refractivity contribution >= 4 is 23.4 Å². The minimum Gasteiger partial charge on any atom is -0.484 e. The number of carbonyl (C=O) groups is 2. The van der Waals surface area contributed by atoms with Gasteiger partial charge in [-0.1, -0.05) is 29.8 Å². The van der Waals surface area contributed by atoms with E-state index in [-0.39, 0.29) is 6.61 Å². The van der Waals surface area contributed by atoms with Gasteiger partial charge in [0.1, 0.15) is 11.5 Å². The Labute approximate surface area is 157 Å². The summed E-state index contributed by atoms with van der Waals surface area (Å²) in [5, 5.41) is 0.401. The Bertz CT molecular complexity index is 775. The number of halogens is 1. The molecule has 0 aliphatic rings. The maximum Gasteiger partial charge on any atom is 0.279 e. The van der Waals surface area contributed by atoms with Crippen molar-refractivity contribution in [3.8, 4) is 11.5 Å². The first-order valence-corrected chi connectivity index (χ1v) is 8.44. The Morgan fingerprint density at radius 3 is 2.38 bits per heavy atom. The molecule has 2 rings (SSSR count). The predicted molar refractivity (Wildman–Crippen MR) is 99.2 cm³/mol. The van der Waals surface area contributed by atoms with Crippen molar-refractivity contribution in [2.24, 2.45) is 0 Å². The third kappa shape index (κ3) is 5.97. The molecule has 26 heavy (non-hydrogen) atoms. The smallest absolute Gasteiger partial charge is 0.279 e. The van der Waals surface area contributed by atoms with Crippen LogP contribution >= 0.6 is 11.6 Å². The van der Waals surface area contributed by atoms with Gasteiger partial charge in [-0.3, -0.25) is 20.4 Å². The summed E-state index contributed by atoms with van der Waals surface area (Å²) in [6.07, 6.45) is -0.837. The third-order valence-electron chi connectivity index (χ3n) is 3.40. The number of aryl methyl sites for hydroxylation is 2. The molecule has 2 aromatic rings. The summed E-state index contributed by atoms with van der Waals surface area (Å²) < 4.78 is 10.9. The Kier molecular flexibility index (Phi) is 6.86. The van der Waals surface area contributed by atoms with Gasteiger partial charge < -0.3 is 9.47 Å². The van der Waals surface area contributed by atoms with Gasteiger partial charge in [0.2, 0.25) is 0 Å². The number of ether oxygens (including phenoxy) is 2. The molecule has 0 heterocycles. The maximum atomic E-state index is 12.0. The molecule has 138 valence electrons. The normalized spacial score (nSPS) is 11.4. The largest absolute Gasteiger partial charge is 0.484 e. The van der Waals surface area contributed by atoms with Gasteiger partial charge in [0.25, 0.3) is 11.8 Å². The lowest BCUT2D eigenvalue weighted by Crippen LogP contribution is -2.48. The van der Waals surface area contributed by atoms with Crippen molar-refractivity contribution in [2.45, 2.75) is 26.9 Å². The topological polar surface area (TPSA) is 76.7 Å². The van der Waals surface area contributed by atoms with Crippen LogP contribution in [-0.2, 0) is 9.59 Å². The molecule has 0 saturated carbocycles. The second-order valence-corrected chi connectivity index (χ2v) is 6.25. The van der Waals surface area contributed by atoms with Gasteiger partial charge in [-0.25, -0.2) is 0 Å². The highest BCUT2D eigenvalue weighted by Gasteiger charge is 2.16. The van der Waals surface area contributed by atoms with Crippen LogP contribution in [0.3, 0.4) is 0 Å². The van der Waals surface area contributed by atoms with E-state index in [1.807, 2.05) is 32.0 Å². The van der Waals surface area contributed by atoms with Crippen molar-refractivity contribution in [3.63, 3.8) is 0 Å². The fraction of sp³-hybridized carbons (Fsp3) is 0.263. The van der Waals surface area contributed by atoms with Crippen LogP contribution in [-0.4, -0.2) is 24.5 Å². The number of rotatable bonds is 6. The van der Waals surface area contributed by atoms with Gasteiger partial charge in [-0.05, 0) is 56.2 Å². The van der Waals surface area contributed by atoms with Gasteiger partial charge in [0.15, 0.2) is 12.7 Å². The van der Waals surface area contributed by atoms with Crippen LogP contribution in [0.1, 0.15) is 18.1 Å². The standard InChI is InChI=1S/C19H21ClN2O4/c1-12-8-13(2)10-15(9-12)25-11-18(23)21-22-19(24)14(3)26-17-7-5-4-6-16(17)20/h4-10,14H,11H2,1-3H3,(H,21,23)(H,22,24). The van der Waals surface area contributed by atoms with Gasteiger partial charge in [0, 0.05) is 0 Å². The van der Waals surface area contributed by atoms with E-state index in [9.17, 15) is 9.59 Å². The van der Waals surface area contributed by atoms with Crippen LogP contribution in [0.15, 0.2) is 42.5 Å². The van der Waals surface area contributed by atoms with E-state index in [1.54, 1.807) is 31.2 Å². The van der Waals surface area contributed by atoms with Crippen molar-refractivity contribution in [1.29, 1.82) is 0 Å². The van der Waals surface area contributed by atoms with Crippen LogP contribution in [0.5, 0.6) is 11.5 Å². The fourth-order valence-electron chi connectivity index (χ4n) is 2.22. The Hall–Kier alpha value is -2.73. The number of benzene rings is 2. The van der Waals surface area contributed by atoms with E-state index >= 15 is 0 Å². The number of hydrazine groups is 1. The van der Waals surface area contributed by atoms with Gasteiger partial charge in [0.05, 0.1) is 5.02 Å². The van der Waals surface area contributed by atoms with Crippen molar-refractivity contribution in [1.82, 2.24) is 10.9 Å². The lowest BCUT2D eigenvalue weighted by atomic mass is 10.1. The lowest BCUT2D eigenvalue weighted by Gasteiger charge is -2.16. The predicted octanol–water partition coefficient (Wildman–Crippen LogP) is 2.95. The first-order chi connectivity index (χ1) is 12.3. The molecule has 0 aromatic heterocycles. The molecule has 0 saturated heterocycles. The summed E-state index contributed by atoms with van der Waals surface area (Å²) in [6, 6.07) is 12.5. The molecule has 0 radical (unpaired) electrons. The lowest BCUT2D eigenvalue weighted by molar-refractivity contribution is -0.133. The third-order valence-corrected chi connectivity index (χ3v) is 3.71. The molecule has 1 unspecified atom stereocenters. The Morgan fingerprint density at radius 1 is 1.08 bits per heavy atom. The number of nitrogens with one attached hydrogen (secondary N) is 2. The highest BCUT2D eigenvalue weighted by molar-refractivity contribution is 6.32. The fourth-order valence-corrected chi connectivity index (χ4v) is 2.40. The summed E-state index contributed by atoms with van der Waals surface area (Å²) in [7, 11) is 0. The molecular formula is C19H21ClN2O4. The molecule has 0 bridgehead atoms. The van der Waals surface area contributed by atoms with Gasteiger partial charge >= 0.3 is 0 Å². The minimum atomic E-state index is -0.837. The molecule has 2 N–H and O–H groups in total. The number of hydrogen-bond donors (Lipinski definition) is 2. The second kappa shape index (κ2) is 9.10. The zero-order valence-electron chi connectivity index (χ0n) is 14.8. The Balaban J connectivity index is 1.77. The molecule has 1 atom stereocenters. The van der Waals surface area contributed by atoms with Gasteiger partial charge in [-0.15, -0.1) is 0 Å². The molecule has 0 aliphatic heterocycles. The molecule has 0 aliphatic carbocycles. The molecule has 0 spiro atoms. The summed E-state index contributed by atoms with van der Waals surface area (Å²) in [5.74, 6) is -0.00665. The van der Waals surface area contributed by atoms with Crippen LogP contribution in [0.25, 0.3) is 0 Å². The molecule has 6 nitrogen and oxygen atoms in total. The van der Waals surface area contributed by atoms with E-state index in [1.165, 1.54) is 0 Å². The average molecular weight is 377 g/mol. The second-order valence-electron chi connectivity index (χ2n) is 5.84. The van der Waals surface area contributed by atoms with Crippen LogP contribution < -0.4 is 20.3 Å². The van der Waals surface area contributed by atoms with Gasteiger partial charge in [-0.2, -0.15) is 0 Å². The molecule has 2 amide bonds. The Morgan fingerprint density at radius 2 is 1.73 bits per heavy atom. The molecule has 0 fully saturated rings. The summed E-state index contributed by atoms with van der Waals surface area (Å²) in [4.78, 5) is 23.8. The van der Waals surface area contributed by atoms with E-state index in [4.69, 9.17) is 21.1 Å². The first kappa shape index (κ1) is 19.6. The average Bonchev–Trinajstić information content (AvgIpc) is 2.59. The minimum absolute atomic E-state index is 0.219. The van der Waals surface area contributed by atoms with E-state index < -0.39 is 17.9 Å². The quantitative estimate of drug-likeness (QED) is 0.760. The van der Waals surface area contributed by atoms with Crippen molar-refractivity contribution in [3.05, 3.63) is 58.6 Å². The van der Waals surface area contributed by atoms with Crippen molar-refractivity contribution in [2.75, 3.05) is 6.61 Å². The molecular weight excluding hydrogens is 356 g/mol. The number of hydrogen-bond acceptors (Lipinski definition) is 4. The van der Waals surface area contributed by atoms with E-state index in [0.717, 1.165) is 11.1 Å². The molecule has 2 aromatic carbocycles. The monoisotopic (exact) mass is 376 g/mol. The molecule has 7 heteroatoms. The first-order valence-electron chi connectivity index (χ1n) is 8.06. The van der Waals surface area contributed by atoms with Crippen molar-refractivity contribution < 1.29 is 19.1 Å². The zero-order chi connectivity index (χ0) is 19.1. The number of carbonyl (C=O) groups excluding carboxylic acids is 2.